The Bertz CT molecular complexity index is 110. The molecule has 0 radical (unpaired) electrons. The molecule has 2 atom stereocenters. The van der Waals surface area contributed by atoms with Crippen molar-refractivity contribution < 1.29 is 0 Å². The zero-order valence-corrected chi connectivity index (χ0v) is 5.30. The number of hydrogen-bond donors (Lipinski definition) is 0. The molecule has 0 amide bonds. The Hall–Kier alpha value is -0.260. The minimum Gasteiger partial charge on any atom is -0.0882 e. The monoisotopic (exact) mass is 108 g/mol. The maximum absolute atomic E-state index is 2.38. The van der Waals surface area contributed by atoms with Crippen LogP contribution in [0.5, 0.6) is 0 Å². The Balaban J connectivity index is 2.08. The molecule has 0 bridgehead atoms. The highest BCUT2D eigenvalue weighted by Gasteiger charge is 2.45. The normalized spacial score (nSPS) is 50.9. The molecular weight excluding hydrogens is 96.1 g/mol. The lowest BCUT2D eigenvalue weighted by molar-refractivity contribution is 0.689. The summed E-state index contributed by atoms with van der Waals surface area (Å²) in [5, 5.41) is 0. The largest absolute Gasteiger partial charge is 0.0882 e. The Morgan fingerprint density at radius 3 is 2.00 bits per heavy atom. The molecular formula is C8H12. The smallest absolute Gasteiger partial charge is 0.0317 e. The van der Waals surface area contributed by atoms with Crippen molar-refractivity contribution in [3.63, 3.8) is 0 Å². The molecule has 0 aliphatic heterocycles. The molecule has 1 fully saturated rings. The van der Waals surface area contributed by atoms with Crippen molar-refractivity contribution in [2.45, 2.75) is 19.8 Å². The van der Waals surface area contributed by atoms with E-state index in [9.17, 15) is 0 Å². The zero-order chi connectivity index (χ0) is 5.56. The summed E-state index contributed by atoms with van der Waals surface area (Å²) in [6.45, 7) is 2.38. The third kappa shape index (κ3) is 0.460. The van der Waals surface area contributed by atoms with E-state index in [1.165, 1.54) is 12.8 Å². The van der Waals surface area contributed by atoms with Crippen molar-refractivity contribution >= 4 is 0 Å². The first-order chi connectivity index (χ1) is 3.89. The fourth-order valence-electron chi connectivity index (χ4n) is 1.92. The Labute approximate surface area is 50.6 Å². The standard InChI is InChI=1S/C8H12/c1-6-7-4-2-3-5-8(6)7/h2-3,6-8H,4-5H2,1H3. The second-order valence-corrected chi connectivity index (χ2v) is 3.13. The molecule has 0 N–H and O–H groups in total. The van der Waals surface area contributed by atoms with Crippen LogP contribution in [-0.2, 0) is 0 Å². The van der Waals surface area contributed by atoms with Gasteiger partial charge in [0.1, 0.15) is 0 Å². The van der Waals surface area contributed by atoms with Gasteiger partial charge in [0.25, 0.3) is 0 Å². The number of hydrogen-bond acceptors (Lipinski definition) is 0. The second-order valence-electron chi connectivity index (χ2n) is 3.13. The third-order valence-electron chi connectivity index (χ3n) is 2.74. The Morgan fingerprint density at radius 1 is 1.12 bits per heavy atom. The highest BCUT2D eigenvalue weighted by Crippen LogP contribution is 2.52. The molecule has 2 aliphatic carbocycles. The third-order valence-corrected chi connectivity index (χ3v) is 2.74. The molecule has 1 saturated carbocycles. The van der Waals surface area contributed by atoms with Crippen molar-refractivity contribution in [2.24, 2.45) is 17.8 Å². The van der Waals surface area contributed by atoms with Crippen LogP contribution in [0.4, 0.5) is 0 Å². The van der Waals surface area contributed by atoms with Gasteiger partial charge in [0, 0.05) is 0 Å². The summed E-state index contributed by atoms with van der Waals surface area (Å²) in [5.41, 5.74) is 0. The molecule has 0 aromatic heterocycles. The molecule has 0 aromatic rings. The van der Waals surface area contributed by atoms with Crippen molar-refractivity contribution in [2.75, 3.05) is 0 Å². The average molecular weight is 108 g/mol. The van der Waals surface area contributed by atoms with Crippen LogP contribution in [-0.4, -0.2) is 0 Å². The van der Waals surface area contributed by atoms with Crippen molar-refractivity contribution in [1.29, 1.82) is 0 Å². The van der Waals surface area contributed by atoms with Crippen LogP contribution < -0.4 is 0 Å². The maximum atomic E-state index is 2.38. The molecule has 0 saturated heterocycles. The van der Waals surface area contributed by atoms with Crippen molar-refractivity contribution in [3.05, 3.63) is 12.2 Å². The molecule has 2 rings (SSSR count). The van der Waals surface area contributed by atoms with Crippen LogP contribution in [0, 0.1) is 17.8 Å². The molecule has 0 spiro atoms. The van der Waals surface area contributed by atoms with E-state index in [1.54, 1.807) is 0 Å². The van der Waals surface area contributed by atoms with Gasteiger partial charge in [0.2, 0.25) is 0 Å². The predicted molar refractivity (Wildman–Crippen MR) is 34.5 cm³/mol. The Kier molecular flexibility index (Phi) is 0.787. The summed E-state index contributed by atoms with van der Waals surface area (Å²) in [7, 11) is 0. The van der Waals surface area contributed by atoms with E-state index in [0.717, 1.165) is 17.8 Å². The van der Waals surface area contributed by atoms with Gasteiger partial charge >= 0.3 is 0 Å². The molecule has 0 heteroatoms. The molecule has 8 heavy (non-hydrogen) atoms. The number of rotatable bonds is 0. The summed E-state index contributed by atoms with van der Waals surface area (Å²) in [6.07, 6.45) is 7.41. The lowest BCUT2D eigenvalue weighted by Gasteiger charge is -1.96. The van der Waals surface area contributed by atoms with E-state index < -0.39 is 0 Å². The molecule has 0 nitrogen and oxygen atoms in total. The van der Waals surface area contributed by atoms with E-state index in [1.807, 2.05) is 0 Å². The molecule has 2 aliphatic rings. The maximum Gasteiger partial charge on any atom is -0.0317 e. The first-order valence-electron chi connectivity index (χ1n) is 3.54. The van der Waals surface area contributed by atoms with E-state index in [0.29, 0.717) is 0 Å². The highest BCUT2D eigenvalue weighted by molar-refractivity contribution is 5.06. The van der Waals surface area contributed by atoms with E-state index in [-0.39, 0.29) is 0 Å². The molecule has 0 heterocycles. The zero-order valence-electron chi connectivity index (χ0n) is 5.30. The van der Waals surface area contributed by atoms with Crippen LogP contribution in [0.2, 0.25) is 0 Å². The summed E-state index contributed by atoms with van der Waals surface area (Å²) >= 11 is 0. The van der Waals surface area contributed by atoms with E-state index in [2.05, 4.69) is 19.1 Å². The van der Waals surface area contributed by atoms with Gasteiger partial charge in [-0.25, -0.2) is 0 Å². The van der Waals surface area contributed by atoms with Crippen molar-refractivity contribution in [3.8, 4) is 0 Å². The SMILES string of the molecule is CC1C2CC=CCC12. The Morgan fingerprint density at radius 2 is 1.62 bits per heavy atom. The van der Waals surface area contributed by atoms with Gasteiger partial charge < -0.3 is 0 Å². The fraction of sp³-hybridized carbons (Fsp3) is 0.750. The van der Waals surface area contributed by atoms with Crippen LogP contribution in [0.25, 0.3) is 0 Å². The van der Waals surface area contributed by atoms with Crippen LogP contribution in [0.15, 0.2) is 12.2 Å². The van der Waals surface area contributed by atoms with E-state index in [4.69, 9.17) is 0 Å². The van der Waals surface area contributed by atoms with Gasteiger partial charge in [-0.3, -0.25) is 0 Å². The first kappa shape index (κ1) is 4.60. The van der Waals surface area contributed by atoms with Crippen LogP contribution in [0.3, 0.4) is 0 Å². The predicted octanol–water partition coefficient (Wildman–Crippen LogP) is 2.22. The molecule has 2 unspecified atom stereocenters. The van der Waals surface area contributed by atoms with Crippen LogP contribution >= 0.6 is 0 Å². The van der Waals surface area contributed by atoms with Gasteiger partial charge in [0.05, 0.1) is 0 Å². The lowest BCUT2D eigenvalue weighted by atomic mass is 10.1. The molecule has 44 valence electrons. The van der Waals surface area contributed by atoms with Gasteiger partial charge in [-0.15, -0.1) is 0 Å². The number of allylic oxidation sites excluding steroid dienone is 2. The highest BCUT2D eigenvalue weighted by atomic mass is 14.5. The summed E-state index contributed by atoms with van der Waals surface area (Å²) in [5.74, 6) is 3.21. The van der Waals surface area contributed by atoms with Gasteiger partial charge in [-0.2, -0.15) is 0 Å². The fourth-order valence-corrected chi connectivity index (χ4v) is 1.92. The number of fused-ring (bicyclic) bond motifs is 1. The van der Waals surface area contributed by atoms with Gasteiger partial charge in [-0.05, 0) is 30.6 Å². The molecule has 0 aromatic carbocycles. The van der Waals surface area contributed by atoms with Gasteiger partial charge in [0.15, 0.2) is 0 Å². The minimum absolute atomic E-state index is 1.05. The van der Waals surface area contributed by atoms with Crippen LogP contribution in [0.1, 0.15) is 19.8 Å². The quantitative estimate of drug-likeness (QED) is 0.417. The van der Waals surface area contributed by atoms with E-state index >= 15 is 0 Å². The lowest BCUT2D eigenvalue weighted by Crippen LogP contribution is -1.83. The summed E-state index contributed by atoms with van der Waals surface area (Å²) in [4.78, 5) is 0. The van der Waals surface area contributed by atoms with Gasteiger partial charge in [-0.1, -0.05) is 19.1 Å². The second kappa shape index (κ2) is 1.37. The minimum atomic E-state index is 1.05. The summed E-state index contributed by atoms with van der Waals surface area (Å²) < 4.78 is 0. The average Bonchev–Trinajstić information content (AvgIpc) is 2.46. The summed E-state index contributed by atoms with van der Waals surface area (Å²) in [6, 6.07) is 0. The topological polar surface area (TPSA) is 0 Å². The first-order valence-corrected chi connectivity index (χ1v) is 3.54. The van der Waals surface area contributed by atoms with Crippen molar-refractivity contribution in [1.82, 2.24) is 0 Å².